The van der Waals surface area contributed by atoms with Gasteiger partial charge >= 0.3 is 0 Å². The van der Waals surface area contributed by atoms with Crippen LogP contribution in [0.3, 0.4) is 0 Å². The molecule has 0 aromatic heterocycles. The Labute approximate surface area is 164 Å². The zero-order valence-electron chi connectivity index (χ0n) is 12.6. The maximum Gasteiger partial charge on any atom is 0.262 e. The zero-order valence-corrected chi connectivity index (χ0v) is 16.4. The van der Waals surface area contributed by atoms with E-state index in [1.807, 2.05) is 0 Å². The molecule has 0 aliphatic carbocycles. The Morgan fingerprint density at radius 3 is 1.92 bits per heavy atom. The molecule has 0 atom stereocenters. The Balaban J connectivity index is 2.12. The van der Waals surface area contributed by atoms with Gasteiger partial charge < -0.3 is 10.1 Å². The number of nitrogens with one attached hydrogen (secondary N) is 1. The van der Waals surface area contributed by atoms with Gasteiger partial charge in [-0.2, -0.15) is 0 Å². The molecule has 0 bridgehead atoms. The highest BCUT2D eigenvalue weighted by atomic mass is 35.5. The second kappa shape index (κ2) is 8.03. The molecule has 0 spiro atoms. The largest absolute Gasteiger partial charge is 0.481 e. The van der Waals surface area contributed by atoms with E-state index in [9.17, 15) is 4.79 Å². The van der Waals surface area contributed by atoms with E-state index in [0.29, 0.717) is 31.9 Å². The number of benzene rings is 2. The molecule has 0 saturated heterocycles. The van der Waals surface area contributed by atoms with Gasteiger partial charge in [0.15, 0.2) is 12.4 Å². The third-order valence-corrected chi connectivity index (χ3v) is 5.12. The first-order valence-corrected chi connectivity index (χ1v) is 8.62. The number of halogens is 5. The summed E-state index contributed by atoms with van der Waals surface area (Å²) in [4.78, 5) is 12.0. The minimum atomic E-state index is -0.411. The van der Waals surface area contributed by atoms with Gasteiger partial charge in [0, 0.05) is 20.8 Å². The number of ether oxygens (including phenoxy) is 1. The lowest BCUT2D eigenvalue weighted by molar-refractivity contribution is -0.118. The molecular formula is C16H12Cl5NO2. The molecular weight excluding hydrogens is 415 g/mol. The molecule has 2 aromatic rings. The molecule has 1 N–H and O–H groups in total. The molecule has 0 saturated carbocycles. The van der Waals surface area contributed by atoms with Crippen molar-refractivity contribution in [2.24, 2.45) is 0 Å². The van der Waals surface area contributed by atoms with Gasteiger partial charge in [0.2, 0.25) is 0 Å². The predicted octanol–water partition coefficient (Wildman–Crippen LogP) is 6.59. The van der Waals surface area contributed by atoms with E-state index in [0.717, 1.165) is 0 Å². The molecule has 128 valence electrons. The topological polar surface area (TPSA) is 38.3 Å². The molecule has 0 aliphatic heterocycles. The van der Waals surface area contributed by atoms with Crippen LogP contribution in [0.5, 0.6) is 5.75 Å². The van der Waals surface area contributed by atoms with Crippen molar-refractivity contribution < 1.29 is 9.53 Å². The molecule has 3 nitrogen and oxygen atoms in total. The van der Waals surface area contributed by atoms with Gasteiger partial charge in [-0.1, -0.05) is 58.0 Å². The minimum absolute atomic E-state index is 0.219. The number of carbonyl (C=O) groups excluding carboxylic acids is 1. The maximum absolute atomic E-state index is 12.0. The van der Waals surface area contributed by atoms with Crippen LogP contribution < -0.4 is 10.1 Å². The summed E-state index contributed by atoms with van der Waals surface area (Å²) in [6, 6.07) is 4.71. The summed E-state index contributed by atoms with van der Waals surface area (Å²) in [6.45, 7) is 3.20. The first-order chi connectivity index (χ1) is 11.2. The smallest absolute Gasteiger partial charge is 0.262 e. The quantitative estimate of drug-likeness (QED) is 0.598. The van der Waals surface area contributed by atoms with Gasteiger partial charge in [0.25, 0.3) is 5.91 Å². The molecule has 8 heteroatoms. The van der Waals surface area contributed by atoms with Gasteiger partial charge in [-0.05, 0) is 43.2 Å². The standard InChI is InChI=1S/C16H12Cl5NO2/c1-7-13(19)8(2)15(21)16(14(7)20)24-6-12(23)22-11-4-9(17)3-10(18)5-11/h3-5H,6H2,1-2H3,(H,22,23). The molecule has 0 heterocycles. The number of amides is 1. The lowest BCUT2D eigenvalue weighted by atomic mass is 10.1. The van der Waals surface area contributed by atoms with Crippen molar-refractivity contribution in [3.05, 3.63) is 54.4 Å². The van der Waals surface area contributed by atoms with E-state index in [4.69, 9.17) is 62.7 Å². The van der Waals surface area contributed by atoms with E-state index in [-0.39, 0.29) is 22.4 Å². The van der Waals surface area contributed by atoms with E-state index in [2.05, 4.69) is 5.32 Å². The van der Waals surface area contributed by atoms with Crippen LogP contribution in [0.1, 0.15) is 11.1 Å². The molecule has 24 heavy (non-hydrogen) atoms. The summed E-state index contributed by atoms with van der Waals surface area (Å²) in [5.41, 5.74) is 1.73. The van der Waals surface area contributed by atoms with Crippen molar-refractivity contribution >= 4 is 69.6 Å². The van der Waals surface area contributed by atoms with E-state index >= 15 is 0 Å². The van der Waals surface area contributed by atoms with Crippen molar-refractivity contribution in [3.63, 3.8) is 0 Å². The molecule has 0 aliphatic rings. The minimum Gasteiger partial charge on any atom is -0.481 e. The number of rotatable bonds is 4. The Morgan fingerprint density at radius 1 is 0.917 bits per heavy atom. The number of hydrogen-bond donors (Lipinski definition) is 1. The average molecular weight is 428 g/mol. The van der Waals surface area contributed by atoms with E-state index in [1.54, 1.807) is 32.0 Å². The Kier molecular flexibility index (Phi) is 6.52. The summed E-state index contributed by atoms with van der Waals surface area (Å²) < 4.78 is 5.48. The van der Waals surface area contributed by atoms with Crippen LogP contribution >= 0.6 is 58.0 Å². The predicted molar refractivity (Wildman–Crippen MR) is 102 cm³/mol. The number of anilines is 1. The van der Waals surface area contributed by atoms with Crippen LogP contribution in [0.4, 0.5) is 5.69 Å². The fourth-order valence-electron chi connectivity index (χ4n) is 2.00. The molecule has 2 rings (SSSR count). The Bertz CT molecular complexity index is 758. The van der Waals surface area contributed by atoms with Crippen LogP contribution in [-0.4, -0.2) is 12.5 Å². The third kappa shape index (κ3) is 4.41. The first-order valence-electron chi connectivity index (χ1n) is 6.73. The summed E-state index contributed by atoms with van der Waals surface area (Å²) in [5.74, 6) is -0.192. The molecule has 2 aromatic carbocycles. The highest BCUT2D eigenvalue weighted by Crippen LogP contribution is 2.42. The van der Waals surface area contributed by atoms with Crippen LogP contribution in [0.25, 0.3) is 0 Å². The van der Waals surface area contributed by atoms with E-state index < -0.39 is 5.91 Å². The summed E-state index contributed by atoms with van der Waals surface area (Å²) >= 11 is 30.3. The van der Waals surface area contributed by atoms with Crippen molar-refractivity contribution in [1.29, 1.82) is 0 Å². The monoisotopic (exact) mass is 425 g/mol. The fraction of sp³-hybridized carbons (Fsp3) is 0.188. The number of carbonyl (C=O) groups is 1. The SMILES string of the molecule is Cc1c(Cl)c(C)c(Cl)c(OCC(=O)Nc2cc(Cl)cc(Cl)c2)c1Cl. The van der Waals surface area contributed by atoms with Crippen molar-refractivity contribution in [1.82, 2.24) is 0 Å². The van der Waals surface area contributed by atoms with E-state index in [1.165, 1.54) is 0 Å². The van der Waals surface area contributed by atoms with Gasteiger partial charge in [-0.25, -0.2) is 0 Å². The molecule has 0 radical (unpaired) electrons. The highest BCUT2D eigenvalue weighted by Gasteiger charge is 2.18. The second-order valence-corrected chi connectivity index (χ2v) is 7.02. The molecule has 0 fully saturated rings. The Morgan fingerprint density at radius 2 is 1.42 bits per heavy atom. The van der Waals surface area contributed by atoms with Gasteiger partial charge in [-0.3, -0.25) is 4.79 Å². The summed E-state index contributed by atoms with van der Waals surface area (Å²) in [6.07, 6.45) is 0. The lowest BCUT2D eigenvalue weighted by Crippen LogP contribution is -2.20. The van der Waals surface area contributed by atoms with Crippen LogP contribution in [0.15, 0.2) is 18.2 Å². The second-order valence-electron chi connectivity index (χ2n) is 5.02. The van der Waals surface area contributed by atoms with Gasteiger partial charge in [-0.15, -0.1) is 0 Å². The van der Waals surface area contributed by atoms with Crippen molar-refractivity contribution in [3.8, 4) is 5.75 Å². The highest BCUT2D eigenvalue weighted by molar-refractivity contribution is 6.42. The summed E-state index contributed by atoms with van der Waals surface area (Å²) in [5, 5.41) is 4.46. The van der Waals surface area contributed by atoms with Crippen molar-refractivity contribution in [2.75, 3.05) is 11.9 Å². The fourth-order valence-corrected chi connectivity index (χ4v) is 3.35. The molecule has 0 unspecified atom stereocenters. The van der Waals surface area contributed by atoms with Crippen LogP contribution in [-0.2, 0) is 4.79 Å². The number of hydrogen-bond acceptors (Lipinski definition) is 2. The normalized spacial score (nSPS) is 10.6. The van der Waals surface area contributed by atoms with Crippen LogP contribution in [0, 0.1) is 13.8 Å². The average Bonchev–Trinajstić information content (AvgIpc) is 2.50. The summed E-state index contributed by atoms with van der Waals surface area (Å²) in [7, 11) is 0. The maximum atomic E-state index is 12.0. The van der Waals surface area contributed by atoms with Crippen molar-refractivity contribution in [2.45, 2.75) is 13.8 Å². The molecule has 1 amide bonds. The van der Waals surface area contributed by atoms with Gasteiger partial charge in [0.1, 0.15) is 0 Å². The Hall–Kier alpha value is -0.840. The lowest BCUT2D eigenvalue weighted by Gasteiger charge is -2.15. The van der Waals surface area contributed by atoms with Crippen LogP contribution in [0.2, 0.25) is 25.1 Å². The van der Waals surface area contributed by atoms with Gasteiger partial charge in [0.05, 0.1) is 10.0 Å². The third-order valence-electron chi connectivity index (χ3n) is 3.21. The first kappa shape index (κ1) is 19.5. The zero-order chi connectivity index (χ0) is 18.0.